The van der Waals surface area contributed by atoms with Crippen LogP contribution in [0.5, 0.6) is 17.2 Å². The number of ether oxygens (including phenoxy) is 12. The molecule has 0 aliphatic carbocycles. The van der Waals surface area contributed by atoms with Crippen molar-refractivity contribution in [3.05, 3.63) is 42.0 Å². The Bertz CT molecular complexity index is 1010. The normalized spacial score (nSPS) is 11.1. The van der Waals surface area contributed by atoms with E-state index in [0.29, 0.717) is 122 Å². The summed E-state index contributed by atoms with van der Waals surface area (Å²) in [7, 11) is 4.88. The van der Waals surface area contributed by atoms with E-state index < -0.39 is 0 Å². The molecule has 0 aromatic heterocycles. The molecule has 2 rings (SSSR count). The van der Waals surface area contributed by atoms with Gasteiger partial charge in [-0.3, -0.25) is 4.79 Å². The molecule has 2 aromatic rings. The van der Waals surface area contributed by atoms with Gasteiger partial charge in [-0.25, -0.2) is 0 Å². The molecule has 0 spiro atoms. The number of aldehydes is 1. The first kappa shape index (κ1) is 40.3. The molecule has 0 radical (unpaired) electrons. The molecule has 0 aliphatic heterocycles. The number of carbonyl (C=O) groups excluding carboxylic acids is 1. The first-order valence-electron chi connectivity index (χ1n) is 15.8. The van der Waals surface area contributed by atoms with Crippen molar-refractivity contribution >= 4 is 6.29 Å². The van der Waals surface area contributed by atoms with Crippen LogP contribution in [-0.4, -0.2) is 147 Å². The average Bonchev–Trinajstić information content (AvgIpc) is 3.10. The van der Waals surface area contributed by atoms with Gasteiger partial charge in [0, 0.05) is 26.9 Å². The minimum atomic E-state index is 0.236. The number of hydrogen-bond donors (Lipinski definition) is 0. The number of carbonyl (C=O) groups is 1. The molecule has 0 bridgehead atoms. The van der Waals surface area contributed by atoms with Crippen LogP contribution >= 0.6 is 0 Å². The van der Waals surface area contributed by atoms with E-state index >= 15 is 0 Å². The lowest BCUT2D eigenvalue weighted by molar-refractivity contribution is 0.0146. The van der Waals surface area contributed by atoms with Gasteiger partial charge in [0.05, 0.1) is 99.1 Å². The van der Waals surface area contributed by atoms with Crippen LogP contribution in [0.2, 0.25) is 0 Å². The molecule has 0 N–H and O–H groups in total. The van der Waals surface area contributed by atoms with Crippen molar-refractivity contribution in [2.75, 3.05) is 140 Å². The van der Waals surface area contributed by atoms with Crippen LogP contribution in [0.25, 0.3) is 11.1 Å². The Morgan fingerprint density at radius 2 is 0.830 bits per heavy atom. The van der Waals surface area contributed by atoms with Crippen molar-refractivity contribution in [1.29, 1.82) is 0 Å². The predicted molar refractivity (Wildman–Crippen MR) is 174 cm³/mol. The maximum atomic E-state index is 11.9. The highest BCUT2D eigenvalue weighted by Gasteiger charge is 2.18. The highest BCUT2D eigenvalue weighted by Crippen LogP contribution is 2.42. The van der Waals surface area contributed by atoms with E-state index in [1.807, 2.05) is 30.3 Å². The van der Waals surface area contributed by atoms with Crippen molar-refractivity contribution in [2.24, 2.45) is 0 Å². The molecule has 0 heterocycles. The standard InChI is InChI=1S/C34H52O13/c1-36-8-11-39-14-17-42-20-23-45-32-26-30(31-7-5-4-6-29(31)28-35)27-33(46-24-21-43-18-15-40-12-9-37-2)34(32)47-25-22-44-19-16-41-13-10-38-3/h4-7,26-28H,8-25H2,1-3H3. The highest BCUT2D eigenvalue weighted by molar-refractivity contribution is 5.88. The number of methoxy groups -OCH3 is 3. The third-order valence-corrected chi connectivity index (χ3v) is 6.28. The summed E-state index contributed by atoms with van der Waals surface area (Å²) < 4.78 is 66.8. The van der Waals surface area contributed by atoms with Crippen LogP contribution < -0.4 is 14.2 Å². The Kier molecular flexibility index (Phi) is 24.2. The van der Waals surface area contributed by atoms with Crippen LogP contribution in [-0.2, 0) is 42.6 Å². The van der Waals surface area contributed by atoms with E-state index in [-0.39, 0.29) is 19.8 Å². The molecule has 0 atom stereocenters. The van der Waals surface area contributed by atoms with Crippen molar-refractivity contribution in [1.82, 2.24) is 0 Å². The van der Waals surface area contributed by atoms with Crippen molar-refractivity contribution in [3.8, 4) is 28.4 Å². The molecule has 13 heteroatoms. The van der Waals surface area contributed by atoms with Gasteiger partial charge in [0.1, 0.15) is 19.8 Å². The second kappa shape index (κ2) is 28.2. The fraction of sp³-hybridized carbons (Fsp3) is 0.618. The summed E-state index contributed by atoms with van der Waals surface area (Å²) in [5.41, 5.74) is 2.00. The number of rotatable bonds is 32. The molecule has 0 saturated heterocycles. The van der Waals surface area contributed by atoms with Gasteiger partial charge < -0.3 is 56.8 Å². The van der Waals surface area contributed by atoms with E-state index in [1.54, 1.807) is 27.4 Å². The van der Waals surface area contributed by atoms with Gasteiger partial charge in [0.25, 0.3) is 0 Å². The van der Waals surface area contributed by atoms with Gasteiger partial charge in [-0.2, -0.15) is 0 Å². The quantitative estimate of drug-likeness (QED) is 0.0836. The molecule has 0 amide bonds. The van der Waals surface area contributed by atoms with Gasteiger partial charge >= 0.3 is 0 Å². The van der Waals surface area contributed by atoms with Gasteiger partial charge in [-0.05, 0) is 23.3 Å². The summed E-state index contributed by atoms with van der Waals surface area (Å²) in [6.07, 6.45) is 0.822. The number of hydrogen-bond acceptors (Lipinski definition) is 13. The summed E-state index contributed by atoms with van der Waals surface area (Å²) in [6.45, 7) is 7.41. The smallest absolute Gasteiger partial charge is 0.203 e. The minimum absolute atomic E-state index is 0.236. The van der Waals surface area contributed by atoms with Crippen molar-refractivity contribution in [2.45, 2.75) is 0 Å². The Hall–Kier alpha value is -2.85. The topological polar surface area (TPSA) is 128 Å². The first-order chi connectivity index (χ1) is 23.2. The molecule has 2 aromatic carbocycles. The van der Waals surface area contributed by atoms with Crippen LogP contribution in [0.15, 0.2) is 36.4 Å². The van der Waals surface area contributed by atoms with E-state index in [0.717, 1.165) is 17.4 Å². The Morgan fingerprint density at radius 1 is 0.468 bits per heavy atom. The van der Waals surface area contributed by atoms with E-state index in [4.69, 9.17) is 56.8 Å². The molecule has 47 heavy (non-hydrogen) atoms. The minimum Gasteiger partial charge on any atom is -0.487 e. The van der Waals surface area contributed by atoms with E-state index in [2.05, 4.69) is 0 Å². The molecular formula is C34H52O13. The fourth-order valence-electron chi connectivity index (χ4n) is 3.97. The van der Waals surface area contributed by atoms with E-state index in [9.17, 15) is 4.79 Å². The van der Waals surface area contributed by atoms with Gasteiger partial charge in [0.15, 0.2) is 17.8 Å². The van der Waals surface area contributed by atoms with Crippen molar-refractivity contribution in [3.63, 3.8) is 0 Å². The fourth-order valence-corrected chi connectivity index (χ4v) is 3.97. The molecule has 0 unspecified atom stereocenters. The SMILES string of the molecule is COCCOCCOCCOc1cc(-c2ccccc2C=O)cc(OCCOCCOCCOC)c1OCCOCCOCCOC. The maximum Gasteiger partial charge on any atom is 0.203 e. The third kappa shape index (κ3) is 18.3. The largest absolute Gasteiger partial charge is 0.487 e. The summed E-state index contributed by atoms with van der Waals surface area (Å²) in [6, 6.07) is 11.0. The lowest BCUT2D eigenvalue weighted by Gasteiger charge is -2.19. The molecule has 13 nitrogen and oxygen atoms in total. The molecule has 0 aliphatic rings. The molecular weight excluding hydrogens is 616 g/mol. The van der Waals surface area contributed by atoms with Crippen LogP contribution in [0.1, 0.15) is 10.4 Å². The lowest BCUT2D eigenvalue weighted by atomic mass is 9.99. The summed E-state index contributed by atoms with van der Waals surface area (Å²) in [4.78, 5) is 11.9. The second-order valence-electron chi connectivity index (χ2n) is 9.70. The molecule has 0 saturated carbocycles. The van der Waals surface area contributed by atoms with Gasteiger partial charge in [-0.15, -0.1) is 0 Å². The second-order valence-corrected chi connectivity index (χ2v) is 9.70. The van der Waals surface area contributed by atoms with Crippen molar-refractivity contribution < 1.29 is 61.6 Å². The third-order valence-electron chi connectivity index (χ3n) is 6.28. The predicted octanol–water partition coefficient (Wildman–Crippen LogP) is 3.34. The van der Waals surface area contributed by atoms with Crippen LogP contribution in [0.4, 0.5) is 0 Å². The summed E-state index contributed by atoms with van der Waals surface area (Å²) in [5.74, 6) is 1.28. The molecule has 266 valence electrons. The summed E-state index contributed by atoms with van der Waals surface area (Å²) >= 11 is 0. The Balaban J connectivity index is 2.12. The molecule has 0 fully saturated rings. The zero-order chi connectivity index (χ0) is 33.6. The Labute approximate surface area is 278 Å². The van der Waals surface area contributed by atoms with Crippen LogP contribution in [0, 0.1) is 0 Å². The zero-order valence-electron chi connectivity index (χ0n) is 28.1. The highest BCUT2D eigenvalue weighted by atomic mass is 16.6. The monoisotopic (exact) mass is 668 g/mol. The first-order valence-corrected chi connectivity index (χ1v) is 15.8. The maximum absolute atomic E-state index is 11.9. The van der Waals surface area contributed by atoms with Gasteiger partial charge in [0.2, 0.25) is 5.75 Å². The zero-order valence-corrected chi connectivity index (χ0v) is 28.1. The average molecular weight is 669 g/mol. The van der Waals surface area contributed by atoms with E-state index in [1.165, 1.54) is 0 Å². The van der Waals surface area contributed by atoms with Gasteiger partial charge in [-0.1, -0.05) is 24.3 Å². The van der Waals surface area contributed by atoms with Crippen LogP contribution in [0.3, 0.4) is 0 Å². The number of benzene rings is 2. The lowest BCUT2D eigenvalue weighted by Crippen LogP contribution is -2.15. The Morgan fingerprint density at radius 3 is 1.23 bits per heavy atom. The summed E-state index contributed by atoms with van der Waals surface area (Å²) in [5, 5.41) is 0.